The second-order valence-electron chi connectivity index (χ2n) is 5.23. The number of anilines is 1. The first kappa shape index (κ1) is 12.0. The van der Waals surface area contributed by atoms with Crippen LogP contribution < -0.4 is 5.73 Å². The first-order chi connectivity index (χ1) is 10.2. The van der Waals surface area contributed by atoms with Crippen molar-refractivity contribution in [2.75, 3.05) is 5.73 Å². The standard InChI is InChI=1S/C18H14N2O/c1-11-8-18(19)20-10-15(11)12-6-7-17-14(9-12)13-4-2-3-5-16(13)21-17/h2-10H,1H3,(H2,19,20). The van der Waals surface area contributed by atoms with Gasteiger partial charge in [-0.3, -0.25) is 0 Å². The molecular formula is C18H14N2O. The van der Waals surface area contributed by atoms with Crippen LogP contribution in [0.1, 0.15) is 5.56 Å². The number of furan rings is 1. The number of hydrogen-bond acceptors (Lipinski definition) is 3. The van der Waals surface area contributed by atoms with Gasteiger partial charge in [0.2, 0.25) is 0 Å². The van der Waals surface area contributed by atoms with Crippen LogP contribution in [-0.4, -0.2) is 4.98 Å². The van der Waals surface area contributed by atoms with E-state index in [0.717, 1.165) is 38.6 Å². The molecule has 3 heteroatoms. The minimum atomic E-state index is 0.547. The van der Waals surface area contributed by atoms with E-state index >= 15 is 0 Å². The fourth-order valence-corrected chi connectivity index (χ4v) is 2.77. The smallest absolute Gasteiger partial charge is 0.135 e. The van der Waals surface area contributed by atoms with Crippen molar-refractivity contribution in [2.24, 2.45) is 0 Å². The summed E-state index contributed by atoms with van der Waals surface area (Å²) in [6.07, 6.45) is 1.83. The number of nitrogens with two attached hydrogens (primary N) is 1. The van der Waals surface area contributed by atoms with Crippen LogP contribution in [0.5, 0.6) is 0 Å². The lowest BCUT2D eigenvalue weighted by atomic mass is 10.0. The zero-order chi connectivity index (χ0) is 14.4. The van der Waals surface area contributed by atoms with E-state index in [1.807, 2.05) is 43.5 Å². The van der Waals surface area contributed by atoms with Gasteiger partial charge in [0, 0.05) is 22.5 Å². The molecule has 0 bridgehead atoms. The Hall–Kier alpha value is -2.81. The van der Waals surface area contributed by atoms with Crippen LogP contribution in [0.3, 0.4) is 0 Å². The Kier molecular flexibility index (Phi) is 2.48. The predicted molar refractivity (Wildman–Crippen MR) is 86.1 cm³/mol. The molecule has 2 N–H and O–H groups in total. The van der Waals surface area contributed by atoms with E-state index in [9.17, 15) is 0 Å². The average molecular weight is 274 g/mol. The minimum Gasteiger partial charge on any atom is -0.456 e. The molecule has 2 heterocycles. The summed E-state index contributed by atoms with van der Waals surface area (Å²) in [5, 5.41) is 2.26. The molecule has 21 heavy (non-hydrogen) atoms. The zero-order valence-corrected chi connectivity index (χ0v) is 11.6. The van der Waals surface area contributed by atoms with Crippen LogP contribution >= 0.6 is 0 Å². The van der Waals surface area contributed by atoms with Gasteiger partial charge in [0.1, 0.15) is 17.0 Å². The van der Waals surface area contributed by atoms with E-state index in [1.165, 1.54) is 0 Å². The number of nitrogens with zero attached hydrogens (tertiary/aromatic N) is 1. The summed E-state index contributed by atoms with van der Waals surface area (Å²) in [6.45, 7) is 2.05. The first-order valence-corrected chi connectivity index (χ1v) is 6.86. The molecule has 0 amide bonds. The Labute approximate surface area is 122 Å². The lowest BCUT2D eigenvalue weighted by molar-refractivity contribution is 0.669. The second-order valence-corrected chi connectivity index (χ2v) is 5.23. The number of para-hydroxylation sites is 1. The molecule has 0 aliphatic carbocycles. The highest BCUT2D eigenvalue weighted by Crippen LogP contribution is 2.33. The van der Waals surface area contributed by atoms with Crippen molar-refractivity contribution in [3.05, 3.63) is 60.3 Å². The molecule has 4 aromatic rings. The Balaban J connectivity index is 1.99. The number of nitrogen functional groups attached to an aromatic ring is 1. The van der Waals surface area contributed by atoms with Gasteiger partial charge in [-0.1, -0.05) is 24.3 Å². The van der Waals surface area contributed by atoms with Crippen molar-refractivity contribution >= 4 is 27.8 Å². The summed E-state index contributed by atoms with van der Waals surface area (Å²) >= 11 is 0. The highest BCUT2D eigenvalue weighted by molar-refractivity contribution is 6.06. The van der Waals surface area contributed by atoms with Gasteiger partial charge in [-0.25, -0.2) is 4.98 Å². The summed E-state index contributed by atoms with van der Waals surface area (Å²) in [5.41, 5.74) is 10.9. The van der Waals surface area contributed by atoms with Gasteiger partial charge in [0.05, 0.1) is 0 Å². The molecule has 2 aromatic carbocycles. The minimum absolute atomic E-state index is 0.547. The van der Waals surface area contributed by atoms with Gasteiger partial charge in [-0.15, -0.1) is 0 Å². The molecule has 0 spiro atoms. The number of aromatic nitrogens is 1. The van der Waals surface area contributed by atoms with Crippen molar-refractivity contribution in [2.45, 2.75) is 6.92 Å². The van der Waals surface area contributed by atoms with Crippen molar-refractivity contribution in [1.29, 1.82) is 0 Å². The van der Waals surface area contributed by atoms with E-state index in [2.05, 4.69) is 23.2 Å². The molecule has 0 atom stereocenters. The number of hydrogen-bond donors (Lipinski definition) is 1. The third-order valence-corrected chi connectivity index (χ3v) is 3.82. The highest BCUT2D eigenvalue weighted by Gasteiger charge is 2.09. The average Bonchev–Trinajstić information content (AvgIpc) is 2.85. The fourth-order valence-electron chi connectivity index (χ4n) is 2.77. The molecule has 0 aliphatic heterocycles. The van der Waals surface area contributed by atoms with E-state index < -0.39 is 0 Å². The van der Waals surface area contributed by atoms with Gasteiger partial charge >= 0.3 is 0 Å². The molecule has 0 radical (unpaired) electrons. The van der Waals surface area contributed by atoms with Crippen molar-refractivity contribution in [3.63, 3.8) is 0 Å². The largest absolute Gasteiger partial charge is 0.456 e. The Bertz CT molecular complexity index is 969. The SMILES string of the molecule is Cc1cc(N)ncc1-c1ccc2oc3ccccc3c2c1. The van der Waals surface area contributed by atoms with Crippen LogP contribution in [0.4, 0.5) is 5.82 Å². The molecule has 2 aromatic heterocycles. The molecule has 0 saturated carbocycles. The summed E-state index contributed by atoms with van der Waals surface area (Å²) in [5.74, 6) is 0.547. The maximum absolute atomic E-state index is 5.86. The van der Waals surface area contributed by atoms with Gasteiger partial charge in [0.15, 0.2) is 0 Å². The monoisotopic (exact) mass is 274 g/mol. The maximum Gasteiger partial charge on any atom is 0.135 e. The maximum atomic E-state index is 5.86. The lowest BCUT2D eigenvalue weighted by Gasteiger charge is -2.06. The number of aryl methyl sites for hydroxylation is 1. The zero-order valence-electron chi connectivity index (χ0n) is 11.6. The quantitative estimate of drug-likeness (QED) is 0.554. The number of pyridine rings is 1. The fraction of sp³-hybridized carbons (Fsp3) is 0.0556. The van der Waals surface area contributed by atoms with Crippen molar-refractivity contribution in [1.82, 2.24) is 4.98 Å². The molecule has 0 aliphatic rings. The number of fused-ring (bicyclic) bond motifs is 3. The van der Waals surface area contributed by atoms with Crippen molar-refractivity contribution in [3.8, 4) is 11.1 Å². The van der Waals surface area contributed by atoms with Crippen LogP contribution in [0.2, 0.25) is 0 Å². The Morgan fingerprint density at radius 3 is 2.62 bits per heavy atom. The second kappa shape index (κ2) is 4.35. The molecule has 4 rings (SSSR count). The van der Waals surface area contributed by atoms with E-state index in [1.54, 1.807) is 0 Å². The molecular weight excluding hydrogens is 260 g/mol. The number of rotatable bonds is 1. The van der Waals surface area contributed by atoms with Crippen molar-refractivity contribution < 1.29 is 4.42 Å². The topological polar surface area (TPSA) is 52.0 Å². The Morgan fingerprint density at radius 2 is 1.76 bits per heavy atom. The highest BCUT2D eigenvalue weighted by atomic mass is 16.3. The lowest BCUT2D eigenvalue weighted by Crippen LogP contribution is -1.92. The molecule has 3 nitrogen and oxygen atoms in total. The summed E-state index contributed by atoms with van der Waals surface area (Å²) in [6, 6.07) is 16.2. The van der Waals surface area contributed by atoms with Gasteiger partial charge < -0.3 is 10.2 Å². The third kappa shape index (κ3) is 1.86. The molecule has 0 fully saturated rings. The van der Waals surface area contributed by atoms with Crippen LogP contribution in [0.25, 0.3) is 33.1 Å². The summed E-state index contributed by atoms with van der Waals surface area (Å²) in [4.78, 5) is 4.20. The van der Waals surface area contributed by atoms with E-state index in [4.69, 9.17) is 10.2 Å². The summed E-state index contributed by atoms with van der Waals surface area (Å²) in [7, 11) is 0. The van der Waals surface area contributed by atoms with Gasteiger partial charge in [-0.05, 0) is 42.3 Å². The molecule has 0 unspecified atom stereocenters. The summed E-state index contributed by atoms with van der Waals surface area (Å²) < 4.78 is 5.86. The van der Waals surface area contributed by atoms with E-state index in [-0.39, 0.29) is 0 Å². The van der Waals surface area contributed by atoms with Crippen LogP contribution in [-0.2, 0) is 0 Å². The van der Waals surface area contributed by atoms with Gasteiger partial charge in [0.25, 0.3) is 0 Å². The first-order valence-electron chi connectivity index (χ1n) is 6.86. The van der Waals surface area contributed by atoms with Gasteiger partial charge in [-0.2, -0.15) is 0 Å². The Morgan fingerprint density at radius 1 is 0.952 bits per heavy atom. The number of benzene rings is 2. The molecule has 0 saturated heterocycles. The normalized spacial score (nSPS) is 11.3. The molecule has 102 valence electrons. The third-order valence-electron chi connectivity index (χ3n) is 3.82. The van der Waals surface area contributed by atoms with Crippen LogP contribution in [0.15, 0.2) is 59.1 Å². The van der Waals surface area contributed by atoms with E-state index in [0.29, 0.717) is 5.82 Å². The van der Waals surface area contributed by atoms with Crippen LogP contribution in [0, 0.1) is 6.92 Å². The predicted octanol–water partition coefficient (Wildman–Crippen LogP) is 4.54.